The van der Waals surface area contributed by atoms with Gasteiger partial charge in [0, 0.05) is 17.6 Å². The first kappa shape index (κ1) is 12.6. The highest BCUT2D eigenvalue weighted by atomic mass is 35.5. The molecule has 1 aliphatic rings. The Kier molecular flexibility index (Phi) is 3.82. The average Bonchev–Trinajstić information content (AvgIpc) is 3.04. The van der Waals surface area contributed by atoms with Gasteiger partial charge in [-0.2, -0.15) is 0 Å². The van der Waals surface area contributed by atoms with E-state index in [4.69, 9.17) is 17.3 Å². The highest BCUT2D eigenvalue weighted by Crippen LogP contribution is 2.36. The molecule has 1 aliphatic carbocycles. The molecule has 0 aromatic heterocycles. The standard InChI is InChI=1S/C14H21ClN2/c1-10(2)7-8-17(12-4-5-12)14-6-3-11(15)9-13(14)16/h3,6,9-10,12H,4-5,7-8,16H2,1-2H3. The van der Waals surface area contributed by atoms with Crippen molar-refractivity contribution in [2.24, 2.45) is 5.92 Å². The van der Waals surface area contributed by atoms with Crippen molar-refractivity contribution >= 4 is 23.0 Å². The number of nitrogen functional groups attached to an aromatic ring is 1. The molecule has 3 heteroatoms. The summed E-state index contributed by atoms with van der Waals surface area (Å²) in [6, 6.07) is 6.52. The molecule has 0 radical (unpaired) electrons. The van der Waals surface area contributed by atoms with E-state index in [9.17, 15) is 0 Å². The fraction of sp³-hybridized carbons (Fsp3) is 0.571. The molecule has 0 atom stereocenters. The molecule has 17 heavy (non-hydrogen) atoms. The van der Waals surface area contributed by atoms with Crippen LogP contribution in [-0.4, -0.2) is 12.6 Å². The lowest BCUT2D eigenvalue weighted by Gasteiger charge is -2.27. The molecule has 0 aliphatic heterocycles. The van der Waals surface area contributed by atoms with E-state index in [2.05, 4.69) is 24.8 Å². The van der Waals surface area contributed by atoms with Crippen LogP contribution in [0.1, 0.15) is 33.1 Å². The normalized spacial score (nSPS) is 15.3. The van der Waals surface area contributed by atoms with Crippen LogP contribution in [0.5, 0.6) is 0 Å². The number of rotatable bonds is 5. The number of benzene rings is 1. The summed E-state index contributed by atoms with van der Waals surface area (Å²) < 4.78 is 0. The second-order valence-electron chi connectivity index (χ2n) is 5.31. The fourth-order valence-electron chi connectivity index (χ4n) is 2.07. The minimum absolute atomic E-state index is 0.692. The van der Waals surface area contributed by atoms with Crippen LogP contribution in [0.2, 0.25) is 5.02 Å². The Bertz CT molecular complexity index is 386. The lowest BCUT2D eigenvalue weighted by molar-refractivity contribution is 0.571. The maximum absolute atomic E-state index is 6.07. The highest BCUT2D eigenvalue weighted by molar-refractivity contribution is 6.31. The summed E-state index contributed by atoms with van der Waals surface area (Å²) in [7, 11) is 0. The van der Waals surface area contributed by atoms with Gasteiger partial charge in [-0.3, -0.25) is 0 Å². The summed E-state index contributed by atoms with van der Waals surface area (Å²) in [6.45, 7) is 5.61. The van der Waals surface area contributed by atoms with Crippen LogP contribution >= 0.6 is 11.6 Å². The van der Waals surface area contributed by atoms with Crippen LogP contribution in [0.3, 0.4) is 0 Å². The van der Waals surface area contributed by atoms with Crippen LogP contribution in [0.15, 0.2) is 18.2 Å². The molecule has 1 aromatic rings. The summed E-state index contributed by atoms with van der Waals surface area (Å²) in [5, 5.41) is 0.714. The highest BCUT2D eigenvalue weighted by Gasteiger charge is 2.29. The van der Waals surface area contributed by atoms with Gasteiger partial charge in [-0.15, -0.1) is 0 Å². The second-order valence-corrected chi connectivity index (χ2v) is 5.75. The van der Waals surface area contributed by atoms with Gasteiger partial charge in [-0.1, -0.05) is 25.4 Å². The first-order valence-electron chi connectivity index (χ1n) is 6.39. The Morgan fingerprint density at radius 3 is 2.65 bits per heavy atom. The Morgan fingerprint density at radius 2 is 2.12 bits per heavy atom. The van der Waals surface area contributed by atoms with E-state index in [1.807, 2.05) is 12.1 Å². The van der Waals surface area contributed by atoms with E-state index in [1.165, 1.54) is 19.3 Å². The van der Waals surface area contributed by atoms with Gasteiger partial charge in [-0.25, -0.2) is 0 Å². The van der Waals surface area contributed by atoms with Gasteiger partial charge in [0.1, 0.15) is 0 Å². The zero-order valence-electron chi connectivity index (χ0n) is 10.6. The molecule has 0 unspecified atom stereocenters. The lowest BCUT2D eigenvalue weighted by atomic mass is 10.1. The molecule has 2 N–H and O–H groups in total. The molecule has 0 spiro atoms. The molecule has 1 aromatic carbocycles. The first-order chi connectivity index (χ1) is 8.08. The van der Waals surface area contributed by atoms with E-state index in [1.54, 1.807) is 0 Å². The third kappa shape index (κ3) is 3.29. The number of nitrogens with zero attached hydrogens (tertiary/aromatic N) is 1. The topological polar surface area (TPSA) is 29.3 Å². The van der Waals surface area contributed by atoms with Crippen LogP contribution < -0.4 is 10.6 Å². The maximum Gasteiger partial charge on any atom is 0.0603 e. The molecule has 0 amide bonds. The molecule has 0 saturated heterocycles. The van der Waals surface area contributed by atoms with Crippen LogP contribution in [0.4, 0.5) is 11.4 Å². The molecule has 94 valence electrons. The minimum atomic E-state index is 0.692. The summed E-state index contributed by atoms with van der Waals surface area (Å²) in [6.07, 6.45) is 3.79. The molecule has 0 bridgehead atoms. The van der Waals surface area contributed by atoms with Gasteiger partial charge in [0.15, 0.2) is 0 Å². The third-order valence-corrected chi connectivity index (χ3v) is 3.47. The Balaban J connectivity index is 2.14. The lowest BCUT2D eigenvalue weighted by Crippen LogP contribution is -2.28. The van der Waals surface area contributed by atoms with E-state index >= 15 is 0 Å². The van der Waals surface area contributed by atoms with Crippen molar-refractivity contribution in [2.45, 2.75) is 39.2 Å². The van der Waals surface area contributed by atoms with Gasteiger partial charge in [0.05, 0.1) is 11.4 Å². The van der Waals surface area contributed by atoms with Crippen molar-refractivity contribution in [3.63, 3.8) is 0 Å². The number of nitrogens with two attached hydrogens (primary N) is 1. The van der Waals surface area contributed by atoms with Crippen LogP contribution in [-0.2, 0) is 0 Å². The molecular weight excluding hydrogens is 232 g/mol. The predicted octanol–water partition coefficient (Wildman–Crippen LogP) is 3.94. The van der Waals surface area contributed by atoms with Gasteiger partial charge in [0.25, 0.3) is 0 Å². The largest absolute Gasteiger partial charge is 0.397 e. The van der Waals surface area contributed by atoms with E-state index in [0.717, 1.165) is 23.8 Å². The Labute approximate surface area is 109 Å². The van der Waals surface area contributed by atoms with Gasteiger partial charge in [0.2, 0.25) is 0 Å². The molecule has 2 nitrogen and oxygen atoms in total. The van der Waals surface area contributed by atoms with Crippen molar-refractivity contribution in [1.29, 1.82) is 0 Å². The van der Waals surface area contributed by atoms with Gasteiger partial charge < -0.3 is 10.6 Å². The van der Waals surface area contributed by atoms with Crippen molar-refractivity contribution in [2.75, 3.05) is 17.2 Å². The summed E-state index contributed by atoms with van der Waals surface area (Å²) in [4.78, 5) is 2.45. The third-order valence-electron chi connectivity index (χ3n) is 3.23. The number of anilines is 2. The SMILES string of the molecule is CC(C)CCN(c1ccc(Cl)cc1N)C1CC1. The quantitative estimate of drug-likeness (QED) is 0.805. The Hall–Kier alpha value is -0.890. The second kappa shape index (κ2) is 5.18. The molecule has 0 heterocycles. The zero-order valence-corrected chi connectivity index (χ0v) is 11.4. The van der Waals surface area contributed by atoms with Crippen LogP contribution in [0.25, 0.3) is 0 Å². The van der Waals surface area contributed by atoms with Gasteiger partial charge >= 0.3 is 0 Å². The summed E-state index contributed by atoms with van der Waals surface area (Å²) in [5.41, 5.74) is 8.02. The summed E-state index contributed by atoms with van der Waals surface area (Å²) >= 11 is 5.95. The number of hydrogen-bond donors (Lipinski definition) is 1. The maximum atomic E-state index is 6.07. The smallest absolute Gasteiger partial charge is 0.0603 e. The molecule has 1 saturated carbocycles. The average molecular weight is 253 g/mol. The monoisotopic (exact) mass is 252 g/mol. The fourth-order valence-corrected chi connectivity index (χ4v) is 2.25. The molecule has 2 rings (SSSR count). The first-order valence-corrected chi connectivity index (χ1v) is 6.77. The van der Waals surface area contributed by atoms with Crippen molar-refractivity contribution < 1.29 is 0 Å². The van der Waals surface area contributed by atoms with Gasteiger partial charge in [-0.05, 0) is 43.4 Å². The molecular formula is C14H21ClN2. The number of hydrogen-bond acceptors (Lipinski definition) is 2. The van der Waals surface area contributed by atoms with Crippen LogP contribution in [0, 0.1) is 5.92 Å². The van der Waals surface area contributed by atoms with Crippen molar-refractivity contribution in [3.8, 4) is 0 Å². The zero-order chi connectivity index (χ0) is 12.4. The number of halogens is 1. The summed E-state index contributed by atoms with van der Waals surface area (Å²) in [5.74, 6) is 0.727. The Morgan fingerprint density at radius 1 is 1.41 bits per heavy atom. The minimum Gasteiger partial charge on any atom is -0.397 e. The van der Waals surface area contributed by atoms with E-state index in [0.29, 0.717) is 11.1 Å². The predicted molar refractivity (Wildman–Crippen MR) is 75.7 cm³/mol. The van der Waals surface area contributed by atoms with Crippen molar-refractivity contribution in [3.05, 3.63) is 23.2 Å². The van der Waals surface area contributed by atoms with E-state index < -0.39 is 0 Å². The van der Waals surface area contributed by atoms with Crippen molar-refractivity contribution in [1.82, 2.24) is 0 Å². The molecule has 1 fully saturated rings. The van der Waals surface area contributed by atoms with E-state index in [-0.39, 0.29) is 0 Å².